The second-order valence-corrected chi connectivity index (χ2v) is 5.94. The summed E-state index contributed by atoms with van der Waals surface area (Å²) in [5.41, 5.74) is 0.125. The van der Waals surface area contributed by atoms with E-state index in [2.05, 4.69) is 19.2 Å². The summed E-state index contributed by atoms with van der Waals surface area (Å²) >= 11 is 0. The fraction of sp³-hybridized carbons (Fsp3) is 0.846. The molecular formula is C13H22N2O2. The normalized spacial score (nSPS) is 33.5. The van der Waals surface area contributed by atoms with Gasteiger partial charge in [0.1, 0.15) is 6.04 Å². The topological polar surface area (TPSA) is 49.4 Å². The molecule has 2 aliphatic rings. The Labute approximate surface area is 103 Å². The zero-order valence-electron chi connectivity index (χ0n) is 11.0. The van der Waals surface area contributed by atoms with Crippen LogP contribution in [-0.2, 0) is 9.59 Å². The summed E-state index contributed by atoms with van der Waals surface area (Å²) in [5.74, 6) is 0.0445. The van der Waals surface area contributed by atoms with Crippen molar-refractivity contribution in [2.45, 2.75) is 58.5 Å². The molecule has 2 atom stereocenters. The minimum Gasteiger partial charge on any atom is -0.345 e. The Morgan fingerprint density at radius 2 is 2.00 bits per heavy atom. The highest BCUT2D eigenvalue weighted by Gasteiger charge is 2.43. The van der Waals surface area contributed by atoms with Crippen molar-refractivity contribution in [1.82, 2.24) is 10.2 Å². The van der Waals surface area contributed by atoms with E-state index in [0.29, 0.717) is 0 Å². The Balaban J connectivity index is 2.23. The summed E-state index contributed by atoms with van der Waals surface area (Å²) in [4.78, 5) is 25.6. The third kappa shape index (κ3) is 2.17. The summed E-state index contributed by atoms with van der Waals surface area (Å²) in [6, 6.07) is -0.108. The second-order valence-electron chi connectivity index (χ2n) is 5.94. The third-order valence-corrected chi connectivity index (χ3v) is 4.29. The molecule has 1 saturated heterocycles. The summed E-state index contributed by atoms with van der Waals surface area (Å²) in [6.45, 7) is 6.42. The van der Waals surface area contributed by atoms with E-state index in [0.717, 1.165) is 19.3 Å². The van der Waals surface area contributed by atoms with E-state index in [1.165, 1.54) is 6.42 Å². The number of carbonyl (C=O) groups is 2. The molecule has 0 radical (unpaired) electrons. The van der Waals surface area contributed by atoms with Crippen LogP contribution in [0.3, 0.4) is 0 Å². The van der Waals surface area contributed by atoms with Gasteiger partial charge in [0.2, 0.25) is 11.8 Å². The number of hydrogen-bond acceptors (Lipinski definition) is 2. The number of piperazine rings is 1. The van der Waals surface area contributed by atoms with Gasteiger partial charge >= 0.3 is 0 Å². The molecule has 2 unspecified atom stereocenters. The number of nitrogens with zero attached hydrogens (tertiary/aromatic N) is 1. The predicted octanol–water partition coefficient (Wildman–Crippen LogP) is 1.30. The average Bonchev–Trinajstić information content (AvgIpc) is 2.26. The first-order valence-corrected chi connectivity index (χ1v) is 6.52. The lowest BCUT2D eigenvalue weighted by Crippen LogP contribution is -2.63. The number of rotatable bonds is 1. The number of hydrogen-bond donors (Lipinski definition) is 1. The predicted molar refractivity (Wildman–Crippen MR) is 65.4 cm³/mol. The van der Waals surface area contributed by atoms with Crippen LogP contribution in [0.5, 0.6) is 0 Å². The minimum atomic E-state index is -0.321. The summed E-state index contributed by atoms with van der Waals surface area (Å²) in [7, 11) is 0. The smallest absolute Gasteiger partial charge is 0.242 e. The highest BCUT2D eigenvalue weighted by Crippen LogP contribution is 2.39. The van der Waals surface area contributed by atoms with E-state index in [4.69, 9.17) is 0 Å². The van der Waals surface area contributed by atoms with Gasteiger partial charge in [0.15, 0.2) is 0 Å². The largest absolute Gasteiger partial charge is 0.345 e. The lowest BCUT2D eigenvalue weighted by molar-refractivity contribution is -0.151. The van der Waals surface area contributed by atoms with Gasteiger partial charge in [-0.25, -0.2) is 0 Å². The van der Waals surface area contributed by atoms with Gasteiger partial charge in [0, 0.05) is 6.04 Å². The molecule has 0 bridgehead atoms. The molecule has 1 N–H and O–H groups in total. The highest BCUT2D eigenvalue weighted by atomic mass is 16.2. The van der Waals surface area contributed by atoms with Crippen LogP contribution < -0.4 is 5.32 Å². The zero-order valence-corrected chi connectivity index (χ0v) is 11.0. The first-order chi connectivity index (χ1) is 7.93. The van der Waals surface area contributed by atoms with Gasteiger partial charge in [-0.05, 0) is 25.2 Å². The van der Waals surface area contributed by atoms with Gasteiger partial charge in [0.25, 0.3) is 0 Å². The molecule has 0 aromatic heterocycles. The van der Waals surface area contributed by atoms with Gasteiger partial charge < -0.3 is 10.2 Å². The molecule has 4 nitrogen and oxygen atoms in total. The zero-order chi connectivity index (χ0) is 12.6. The van der Waals surface area contributed by atoms with Gasteiger partial charge in [-0.3, -0.25) is 9.59 Å². The summed E-state index contributed by atoms with van der Waals surface area (Å²) in [6.07, 6.45) is 4.55. The Bertz CT molecular complexity index is 338. The molecule has 1 aliphatic carbocycles. The van der Waals surface area contributed by atoms with Crippen molar-refractivity contribution >= 4 is 11.8 Å². The van der Waals surface area contributed by atoms with Gasteiger partial charge in [-0.2, -0.15) is 0 Å². The fourth-order valence-electron chi connectivity index (χ4n) is 3.18. The van der Waals surface area contributed by atoms with E-state index in [9.17, 15) is 9.59 Å². The molecule has 0 aromatic carbocycles. The molecule has 1 aliphatic heterocycles. The monoisotopic (exact) mass is 238 g/mol. The van der Waals surface area contributed by atoms with E-state index in [-0.39, 0.29) is 35.9 Å². The van der Waals surface area contributed by atoms with Crippen LogP contribution in [0.4, 0.5) is 0 Å². The van der Waals surface area contributed by atoms with Crippen molar-refractivity contribution in [2.24, 2.45) is 5.41 Å². The SMILES string of the molecule is CC1C(=O)NCC(=O)N1C1CCCCC1(C)C. The maximum absolute atomic E-state index is 12.0. The quantitative estimate of drug-likeness (QED) is 0.748. The second kappa shape index (κ2) is 4.31. The molecular weight excluding hydrogens is 216 g/mol. The van der Waals surface area contributed by atoms with E-state index in [1.54, 1.807) is 0 Å². The maximum atomic E-state index is 12.0. The van der Waals surface area contributed by atoms with E-state index >= 15 is 0 Å². The van der Waals surface area contributed by atoms with Crippen LogP contribution in [0.2, 0.25) is 0 Å². The summed E-state index contributed by atoms with van der Waals surface area (Å²) in [5, 5.41) is 2.65. The first kappa shape index (κ1) is 12.4. The molecule has 0 spiro atoms. The summed E-state index contributed by atoms with van der Waals surface area (Å²) < 4.78 is 0. The van der Waals surface area contributed by atoms with Crippen molar-refractivity contribution in [3.63, 3.8) is 0 Å². The average molecular weight is 238 g/mol. The van der Waals surface area contributed by atoms with Crippen LogP contribution in [0, 0.1) is 5.41 Å². The molecule has 4 heteroatoms. The number of carbonyl (C=O) groups excluding carboxylic acids is 2. The Kier molecular flexibility index (Phi) is 3.15. The lowest BCUT2D eigenvalue weighted by Gasteiger charge is -2.48. The van der Waals surface area contributed by atoms with Crippen LogP contribution in [0.15, 0.2) is 0 Å². The van der Waals surface area contributed by atoms with E-state index in [1.807, 2.05) is 11.8 Å². The molecule has 96 valence electrons. The standard InChI is InChI=1S/C13H22N2O2/c1-9-12(17)14-8-11(16)15(9)10-6-4-5-7-13(10,2)3/h9-10H,4-8H2,1-3H3,(H,14,17). The molecule has 0 aromatic rings. The lowest BCUT2D eigenvalue weighted by atomic mass is 9.72. The molecule has 2 amide bonds. The number of nitrogens with one attached hydrogen (secondary N) is 1. The fourth-order valence-corrected chi connectivity index (χ4v) is 3.18. The first-order valence-electron chi connectivity index (χ1n) is 6.52. The molecule has 1 saturated carbocycles. The highest BCUT2D eigenvalue weighted by molar-refractivity contribution is 5.94. The molecule has 1 heterocycles. The van der Waals surface area contributed by atoms with E-state index < -0.39 is 0 Å². The van der Waals surface area contributed by atoms with Crippen molar-refractivity contribution < 1.29 is 9.59 Å². The molecule has 17 heavy (non-hydrogen) atoms. The minimum absolute atomic E-state index is 0.0222. The molecule has 2 rings (SSSR count). The van der Waals surface area contributed by atoms with Crippen LogP contribution in [-0.4, -0.2) is 35.3 Å². The van der Waals surface area contributed by atoms with Gasteiger partial charge in [-0.15, -0.1) is 0 Å². The van der Waals surface area contributed by atoms with Gasteiger partial charge in [-0.1, -0.05) is 26.7 Å². The van der Waals surface area contributed by atoms with Crippen molar-refractivity contribution in [3.8, 4) is 0 Å². The van der Waals surface area contributed by atoms with Gasteiger partial charge in [0.05, 0.1) is 6.54 Å². The molecule has 2 fully saturated rings. The van der Waals surface area contributed by atoms with Crippen molar-refractivity contribution in [1.29, 1.82) is 0 Å². The Morgan fingerprint density at radius 3 is 2.65 bits per heavy atom. The van der Waals surface area contributed by atoms with Crippen molar-refractivity contribution in [3.05, 3.63) is 0 Å². The van der Waals surface area contributed by atoms with Crippen LogP contribution in [0.25, 0.3) is 0 Å². The third-order valence-electron chi connectivity index (χ3n) is 4.29. The Morgan fingerprint density at radius 1 is 1.29 bits per heavy atom. The maximum Gasteiger partial charge on any atom is 0.242 e. The van der Waals surface area contributed by atoms with Crippen LogP contribution in [0.1, 0.15) is 46.5 Å². The van der Waals surface area contributed by atoms with Crippen molar-refractivity contribution in [2.75, 3.05) is 6.54 Å². The van der Waals surface area contributed by atoms with Crippen LogP contribution >= 0.6 is 0 Å². The Hall–Kier alpha value is -1.06. The number of amides is 2.